The van der Waals surface area contributed by atoms with Gasteiger partial charge in [0.25, 0.3) is 0 Å². The van der Waals surface area contributed by atoms with Gasteiger partial charge < -0.3 is 10.6 Å². The highest BCUT2D eigenvalue weighted by atomic mass is 19.1. The number of benzene rings is 4. The number of likely N-dealkylation sites (tertiary alicyclic amines) is 1. The maximum Gasteiger partial charge on any atom is 0.175 e. The Bertz CT molecular complexity index is 1970. The van der Waals surface area contributed by atoms with Crippen LogP contribution in [0.2, 0.25) is 0 Å². The van der Waals surface area contributed by atoms with Gasteiger partial charge in [-0.05, 0) is 78.5 Å². The molecule has 6 aromatic rings. The first-order valence-electron chi connectivity index (χ1n) is 16.1. The van der Waals surface area contributed by atoms with Crippen LogP contribution in [0.4, 0.5) is 21.8 Å². The summed E-state index contributed by atoms with van der Waals surface area (Å²) >= 11 is 0. The van der Waals surface area contributed by atoms with Gasteiger partial charge >= 0.3 is 0 Å². The van der Waals surface area contributed by atoms with Crippen LogP contribution in [0.5, 0.6) is 0 Å². The Hall–Kier alpha value is -4.82. The molecule has 4 aromatic carbocycles. The molecule has 1 fully saturated rings. The van der Waals surface area contributed by atoms with E-state index in [0.29, 0.717) is 29.1 Å². The van der Waals surface area contributed by atoms with Crippen LogP contribution in [0.15, 0.2) is 97.1 Å². The number of aromatic nitrogens is 4. The Kier molecular flexibility index (Phi) is 8.13. The highest BCUT2D eigenvalue weighted by Gasteiger charge is 2.23. The number of halogens is 1. The minimum absolute atomic E-state index is 0.209. The van der Waals surface area contributed by atoms with Crippen molar-refractivity contribution >= 4 is 39.3 Å². The Morgan fingerprint density at radius 3 is 2.13 bits per heavy atom. The first-order chi connectivity index (χ1) is 22.3. The average Bonchev–Trinajstić information content (AvgIpc) is 3.49. The monoisotopic (exact) mass is 613 g/mol. The third-order valence-electron chi connectivity index (χ3n) is 8.82. The molecule has 234 valence electrons. The van der Waals surface area contributed by atoms with Crippen molar-refractivity contribution < 1.29 is 4.39 Å². The van der Waals surface area contributed by atoms with Crippen LogP contribution in [0.25, 0.3) is 27.5 Å². The van der Waals surface area contributed by atoms with Crippen molar-refractivity contribution in [3.63, 3.8) is 0 Å². The van der Waals surface area contributed by atoms with Gasteiger partial charge in [0.15, 0.2) is 11.6 Å². The van der Waals surface area contributed by atoms with Crippen LogP contribution in [0.3, 0.4) is 0 Å². The van der Waals surface area contributed by atoms with Crippen LogP contribution in [-0.2, 0) is 12.0 Å². The van der Waals surface area contributed by atoms with Crippen LogP contribution in [-0.4, -0.2) is 44.3 Å². The largest absolute Gasteiger partial charge is 0.367 e. The lowest BCUT2D eigenvalue weighted by Gasteiger charge is -2.32. The molecule has 2 aromatic heterocycles. The van der Waals surface area contributed by atoms with Gasteiger partial charge in [-0.1, -0.05) is 81.4 Å². The van der Waals surface area contributed by atoms with Gasteiger partial charge in [0.05, 0.1) is 22.4 Å². The number of nitrogens with zero attached hydrogens (tertiary/aromatic N) is 5. The second-order valence-corrected chi connectivity index (χ2v) is 13.4. The number of hydrogen-bond donors (Lipinski definition) is 2. The predicted octanol–water partition coefficient (Wildman–Crippen LogP) is 8.47. The zero-order chi connectivity index (χ0) is 31.7. The van der Waals surface area contributed by atoms with Crippen molar-refractivity contribution in [3.8, 4) is 5.69 Å². The summed E-state index contributed by atoms with van der Waals surface area (Å²) in [7, 11) is 0. The van der Waals surface area contributed by atoms with Crippen LogP contribution < -0.4 is 10.6 Å². The van der Waals surface area contributed by atoms with Crippen LogP contribution >= 0.6 is 0 Å². The topological polar surface area (TPSA) is 70.9 Å². The summed E-state index contributed by atoms with van der Waals surface area (Å²) < 4.78 is 16.1. The van der Waals surface area contributed by atoms with E-state index in [-0.39, 0.29) is 11.2 Å². The summed E-state index contributed by atoms with van der Waals surface area (Å²) in [5, 5.41) is 14.3. The summed E-state index contributed by atoms with van der Waals surface area (Å²) in [5.41, 5.74) is 4.30. The van der Waals surface area contributed by atoms with E-state index in [9.17, 15) is 4.39 Å². The second-order valence-electron chi connectivity index (χ2n) is 13.4. The van der Waals surface area contributed by atoms with E-state index in [1.807, 2.05) is 24.3 Å². The molecular formula is C38H40FN7. The van der Waals surface area contributed by atoms with Gasteiger partial charge in [0.1, 0.15) is 11.6 Å². The molecule has 1 saturated heterocycles. The van der Waals surface area contributed by atoms with E-state index in [1.165, 1.54) is 17.7 Å². The van der Waals surface area contributed by atoms with Crippen LogP contribution in [0.1, 0.15) is 44.9 Å². The number of nitrogens with one attached hydrogen (secondary N) is 2. The third kappa shape index (κ3) is 6.58. The predicted molar refractivity (Wildman–Crippen MR) is 185 cm³/mol. The Labute approximate surface area is 269 Å². The number of fused-ring (bicyclic) bond motifs is 2. The summed E-state index contributed by atoms with van der Waals surface area (Å²) in [6, 6.07) is 31.7. The fourth-order valence-electron chi connectivity index (χ4n) is 6.15. The van der Waals surface area contributed by atoms with E-state index in [1.54, 1.807) is 10.7 Å². The zero-order valence-corrected chi connectivity index (χ0v) is 26.7. The summed E-state index contributed by atoms with van der Waals surface area (Å²) in [6.45, 7) is 10.3. The lowest BCUT2D eigenvalue weighted by Crippen LogP contribution is -2.35. The summed E-state index contributed by atoms with van der Waals surface area (Å²) in [5.74, 6) is 2.22. The van der Waals surface area contributed by atoms with Crippen molar-refractivity contribution in [1.82, 2.24) is 24.6 Å². The molecule has 3 heterocycles. The van der Waals surface area contributed by atoms with Crippen molar-refractivity contribution in [2.75, 3.05) is 30.3 Å². The zero-order valence-electron chi connectivity index (χ0n) is 26.7. The standard InChI is InChI=1S/C38H40FN7/c1-38(2,3)34-23-35(46(44-34)31-15-9-14-30(39)22-31)43-37-36(41-32-20-28-12-7-8-13-29(28)21-33(32)42-37)40-24-26-16-18-45(19-17-26)25-27-10-5-4-6-11-27/h4-15,20-23,26H,16-19,24-25H2,1-3H3,(H,40,41)(H,42,43). The SMILES string of the molecule is CC(C)(C)c1cc(Nc2nc3cc4ccccc4cc3nc2NCC2CCN(Cc3ccccc3)CC2)n(-c2cccc(F)c2)n1. The van der Waals surface area contributed by atoms with Gasteiger partial charge in [0, 0.05) is 24.6 Å². The summed E-state index contributed by atoms with van der Waals surface area (Å²) in [4.78, 5) is 12.8. The molecule has 0 radical (unpaired) electrons. The van der Waals surface area contributed by atoms with Crippen molar-refractivity contribution in [2.24, 2.45) is 5.92 Å². The van der Waals surface area contributed by atoms with Crippen molar-refractivity contribution in [3.05, 3.63) is 114 Å². The highest BCUT2D eigenvalue weighted by Crippen LogP contribution is 2.32. The number of piperidine rings is 1. The quantitative estimate of drug-likeness (QED) is 0.168. The molecule has 0 unspecified atom stereocenters. The minimum atomic E-state index is -0.314. The van der Waals surface area contributed by atoms with Gasteiger partial charge in [-0.3, -0.25) is 4.90 Å². The molecular weight excluding hydrogens is 573 g/mol. The lowest BCUT2D eigenvalue weighted by atomic mass is 9.92. The molecule has 0 aliphatic carbocycles. The van der Waals surface area contributed by atoms with E-state index in [2.05, 4.69) is 90.9 Å². The molecule has 0 atom stereocenters. The molecule has 7 nitrogen and oxygen atoms in total. The average molecular weight is 614 g/mol. The Morgan fingerprint density at radius 1 is 0.783 bits per heavy atom. The maximum atomic E-state index is 14.3. The lowest BCUT2D eigenvalue weighted by molar-refractivity contribution is 0.182. The van der Waals surface area contributed by atoms with Crippen molar-refractivity contribution in [2.45, 2.75) is 45.6 Å². The van der Waals surface area contributed by atoms with E-state index in [0.717, 1.165) is 66.5 Å². The molecule has 7 rings (SSSR count). The van der Waals surface area contributed by atoms with Gasteiger partial charge in [0.2, 0.25) is 0 Å². The van der Waals surface area contributed by atoms with Gasteiger partial charge in [-0.2, -0.15) is 5.10 Å². The Morgan fingerprint density at radius 2 is 1.46 bits per heavy atom. The molecule has 0 saturated carbocycles. The first-order valence-corrected chi connectivity index (χ1v) is 16.1. The second kappa shape index (κ2) is 12.5. The number of hydrogen-bond acceptors (Lipinski definition) is 6. The molecule has 1 aliphatic heterocycles. The molecule has 46 heavy (non-hydrogen) atoms. The van der Waals surface area contributed by atoms with Crippen LogP contribution in [0, 0.1) is 11.7 Å². The highest BCUT2D eigenvalue weighted by molar-refractivity contribution is 5.96. The maximum absolute atomic E-state index is 14.3. The fraction of sp³-hybridized carbons (Fsp3) is 0.289. The fourth-order valence-corrected chi connectivity index (χ4v) is 6.15. The normalized spacial score (nSPS) is 14.6. The molecule has 8 heteroatoms. The van der Waals surface area contributed by atoms with E-state index < -0.39 is 0 Å². The number of anilines is 3. The summed E-state index contributed by atoms with van der Waals surface area (Å²) in [6.07, 6.45) is 2.24. The number of rotatable bonds is 8. The smallest absolute Gasteiger partial charge is 0.175 e. The molecule has 0 spiro atoms. The molecule has 2 N–H and O–H groups in total. The first kappa shape index (κ1) is 29.9. The Balaban J connectivity index is 1.19. The molecule has 1 aliphatic rings. The van der Waals surface area contributed by atoms with Gasteiger partial charge in [-0.15, -0.1) is 0 Å². The minimum Gasteiger partial charge on any atom is -0.367 e. The molecule has 0 amide bonds. The van der Waals surface area contributed by atoms with E-state index in [4.69, 9.17) is 15.1 Å². The third-order valence-corrected chi connectivity index (χ3v) is 8.82. The van der Waals surface area contributed by atoms with Gasteiger partial charge in [-0.25, -0.2) is 19.0 Å². The molecule has 0 bridgehead atoms. The van der Waals surface area contributed by atoms with Crippen molar-refractivity contribution in [1.29, 1.82) is 0 Å². The van der Waals surface area contributed by atoms with E-state index >= 15 is 0 Å².